The molecule has 0 N–H and O–H groups in total. The van der Waals surface area contributed by atoms with Gasteiger partial charge in [0.1, 0.15) is 23.3 Å². The van der Waals surface area contributed by atoms with Crippen molar-refractivity contribution in [2.24, 2.45) is 0 Å². The van der Waals surface area contributed by atoms with E-state index in [0.29, 0.717) is 0 Å². The van der Waals surface area contributed by atoms with Gasteiger partial charge in [0.15, 0.2) is 11.5 Å². The van der Waals surface area contributed by atoms with Crippen molar-refractivity contribution in [3.05, 3.63) is 23.3 Å². The highest BCUT2D eigenvalue weighted by Crippen LogP contribution is 2.35. The molecule has 0 fully saturated rings. The van der Waals surface area contributed by atoms with Crippen molar-refractivity contribution >= 4 is 20.2 Å². The monoisotopic (exact) mass is 424 g/mol. The Morgan fingerprint density at radius 2 is 1.00 bits per heavy atom. The molecule has 0 amide bonds. The molecule has 8 nitrogen and oxygen atoms in total. The molecule has 0 bridgehead atoms. The van der Waals surface area contributed by atoms with Crippen LogP contribution in [0.25, 0.3) is 0 Å². The molecule has 0 spiro atoms. The molecule has 0 heterocycles. The fourth-order valence-electron chi connectivity index (χ4n) is 1.26. The van der Waals surface area contributed by atoms with Crippen molar-refractivity contribution in [1.82, 2.24) is 0 Å². The molecule has 0 atom stereocenters. The van der Waals surface area contributed by atoms with E-state index < -0.39 is 53.9 Å². The summed E-state index contributed by atoms with van der Waals surface area (Å²) in [6.07, 6.45) is 0. The molecule has 26 heavy (non-hydrogen) atoms. The van der Waals surface area contributed by atoms with Gasteiger partial charge in [0.2, 0.25) is 0 Å². The van der Waals surface area contributed by atoms with E-state index in [9.17, 15) is 43.2 Å². The van der Waals surface area contributed by atoms with Crippen molar-refractivity contribution in [2.45, 2.75) is 11.0 Å². The Kier molecular flexibility index (Phi) is 5.36. The molecule has 1 aromatic carbocycles. The van der Waals surface area contributed by atoms with Gasteiger partial charge in [0, 0.05) is 0 Å². The standard InChI is InChI=1S/C10H2F6N2O6S2/c11-9(12,13)25(19,20)23-7-1-2-8(6(4-18)5(7)3-17)24-26(21,22)10(14,15)16/h1-2H. The van der Waals surface area contributed by atoms with Crippen LogP contribution in [0.15, 0.2) is 12.1 Å². The quantitative estimate of drug-likeness (QED) is 0.406. The van der Waals surface area contributed by atoms with E-state index in [1.807, 2.05) is 0 Å². The SMILES string of the molecule is N#Cc1c(OS(=O)(=O)C(F)(F)F)ccc(OS(=O)(=O)C(F)(F)F)c1C#N. The van der Waals surface area contributed by atoms with E-state index in [4.69, 9.17) is 10.5 Å². The third kappa shape index (κ3) is 4.09. The first-order valence-electron chi connectivity index (χ1n) is 5.56. The van der Waals surface area contributed by atoms with Crippen LogP contribution in [-0.2, 0) is 20.2 Å². The number of alkyl halides is 6. The lowest BCUT2D eigenvalue weighted by Gasteiger charge is -2.14. The summed E-state index contributed by atoms with van der Waals surface area (Å²) in [5.74, 6) is -2.75. The Morgan fingerprint density at radius 1 is 0.731 bits per heavy atom. The van der Waals surface area contributed by atoms with Gasteiger partial charge in [-0.15, -0.1) is 0 Å². The summed E-state index contributed by atoms with van der Waals surface area (Å²) in [5.41, 5.74) is -14.4. The summed E-state index contributed by atoms with van der Waals surface area (Å²) in [6.45, 7) is 0. The highest BCUT2D eigenvalue weighted by atomic mass is 32.2. The van der Waals surface area contributed by atoms with Gasteiger partial charge in [0.25, 0.3) is 0 Å². The predicted octanol–water partition coefficient (Wildman–Crippen LogP) is 1.89. The highest BCUT2D eigenvalue weighted by Gasteiger charge is 2.50. The smallest absolute Gasteiger partial charge is 0.375 e. The van der Waals surface area contributed by atoms with Crippen LogP contribution in [0.3, 0.4) is 0 Å². The first kappa shape index (κ1) is 21.3. The van der Waals surface area contributed by atoms with E-state index in [-0.39, 0.29) is 12.1 Å². The predicted molar refractivity (Wildman–Crippen MR) is 67.1 cm³/mol. The van der Waals surface area contributed by atoms with Crippen molar-refractivity contribution in [1.29, 1.82) is 10.5 Å². The van der Waals surface area contributed by atoms with Gasteiger partial charge in [-0.05, 0) is 12.1 Å². The van der Waals surface area contributed by atoms with Crippen LogP contribution in [0.1, 0.15) is 11.1 Å². The molecular weight excluding hydrogens is 422 g/mol. The molecule has 0 radical (unpaired) electrons. The van der Waals surface area contributed by atoms with Crippen LogP contribution in [0.5, 0.6) is 11.5 Å². The van der Waals surface area contributed by atoms with Gasteiger partial charge in [-0.25, -0.2) is 0 Å². The van der Waals surface area contributed by atoms with E-state index in [1.165, 1.54) is 0 Å². The highest BCUT2D eigenvalue weighted by molar-refractivity contribution is 7.88. The average Bonchev–Trinajstić information content (AvgIpc) is 2.45. The summed E-state index contributed by atoms with van der Waals surface area (Å²) in [4.78, 5) is 0. The van der Waals surface area contributed by atoms with Crippen LogP contribution >= 0.6 is 0 Å². The number of halogens is 6. The lowest BCUT2D eigenvalue weighted by atomic mass is 10.1. The van der Waals surface area contributed by atoms with E-state index in [2.05, 4.69) is 8.37 Å². The normalized spacial score (nSPS) is 12.8. The molecule has 0 saturated heterocycles. The maximum atomic E-state index is 12.3. The number of benzene rings is 1. The zero-order chi connectivity index (χ0) is 20.6. The molecule has 0 unspecified atom stereocenters. The van der Waals surface area contributed by atoms with Crippen molar-refractivity contribution in [3.63, 3.8) is 0 Å². The molecule has 0 aliphatic carbocycles. The maximum Gasteiger partial charge on any atom is 0.534 e. The third-order valence-electron chi connectivity index (χ3n) is 2.32. The zero-order valence-electron chi connectivity index (χ0n) is 11.6. The third-order valence-corrected chi connectivity index (χ3v) is 4.25. The second-order valence-electron chi connectivity index (χ2n) is 4.00. The summed E-state index contributed by atoms with van der Waals surface area (Å²) in [5, 5.41) is 17.7. The van der Waals surface area contributed by atoms with Crippen LogP contribution < -0.4 is 8.37 Å². The first-order chi connectivity index (χ1) is 11.6. The fraction of sp³-hybridized carbons (Fsp3) is 0.200. The van der Waals surface area contributed by atoms with Gasteiger partial charge in [0.05, 0.1) is 0 Å². The average molecular weight is 424 g/mol. The van der Waals surface area contributed by atoms with Gasteiger partial charge in [-0.1, -0.05) is 0 Å². The van der Waals surface area contributed by atoms with Gasteiger partial charge >= 0.3 is 31.3 Å². The Balaban J connectivity index is 3.54. The molecule has 0 aliphatic heterocycles. The van der Waals surface area contributed by atoms with E-state index in [0.717, 1.165) is 12.1 Å². The lowest BCUT2D eigenvalue weighted by molar-refractivity contribution is -0.0506. The number of rotatable bonds is 4. The minimum atomic E-state index is -6.28. The molecule has 16 heteroatoms. The number of nitriles is 2. The Labute approximate surface area is 141 Å². The van der Waals surface area contributed by atoms with Gasteiger partial charge in [-0.2, -0.15) is 53.7 Å². The molecule has 0 saturated carbocycles. The molecule has 0 aliphatic rings. The van der Waals surface area contributed by atoms with Crippen molar-refractivity contribution in [3.8, 4) is 23.6 Å². The van der Waals surface area contributed by atoms with Gasteiger partial charge < -0.3 is 8.37 Å². The minimum absolute atomic E-state index is 0.212. The molecule has 1 aromatic rings. The minimum Gasteiger partial charge on any atom is -0.375 e. The number of hydrogen-bond donors (Lipinski definition) is 0. The Hall–Kier alpha value is -2.72. The topological polar surface area (TPSA) is 134 Å². The molecule has 1 rings (SSSR count). The maximum absolute atomic E-state index is 12.3. The lowest BCUT2D eigenvalue weighted by Crippen LogP contribution is -2.29. The summed E-state index contributed by atoms with van der Waals surface area (Å²) in [6, 6.07) is 2.46. The van der Waals surface area contributed by atoms with Crippen LogP contribution in [0.4, 0.5) is 26.3 Å². The van der Waals surface area contributed by atoms with E-state index in [1.54, 1.807) is 0 Å². The van der Waals surface area contributed by atoms with E-state index >= 15 is 0 Å². The molecular formula is C10H2F6N2O6S2. The first-order valence-corrected chi connectivity index (χ1v) is 8.37. The van der Waals surface area contributed by atoms with Crippen LogP contribution in [0.2, 0.25) is 0 Å². The second kappa shape index (κ2) is 6.54. The van der Waals surface area contributed by atoms with Crippen LogP contribution in [-0.4, -0.2) is 27.9 Å². The summed E-state index contributed by atoms with van der Waals surface area (Å²) < 4.78 is 125. The van der Waals surface area contributed by atoms with Crippen LogP contribution in [0, 0.1) is 22.7 Å². The second-order valence-corrected chi connectivity index (χ2v) is 7.08. The van der Waals surface area contributed by atoms with Crippen molar-refractivity contribution < 1.29 is 51.5 Å². The van der Waals surface area contributed by atoms with Crippen molar-refractivity contribution in [2.75, 3.05) is 0 Å². The Bertz CT molecular complexity index is 931. The number of hydrogen-bond acceptors (Lipinski definition) is 8. The molecule has 142 valence electrons. The largest absolute Gasteiger partial charge is 0.534 e. The zero-order valence-corrected chi connectivity index (χ0v) is 13.2. The summed E-state index contributed by atoms with van der Waals surface area (Å²) in [7, 11) is -12.6. The fourth-order valence-corrected chi connectivity index (χ4v) is 2.20. The summed E-state index contributed by atoms with van der Waals surface area (Å²) >= 11 is 0. The molecule has 0 aromatic heterocycles. The Morgan fingerprint density at radius 3 is 1.19 bits per heavy atom. The van der Waals surface area contributed by atoms with Gasteiger partial charge in [-0.3, -0.25) is 0 Å². The number of nitrogens with zero attached hydrogens (tertiary/aromatic N) is 2.